The first-order valence-electron chi connectivity index (χ1n) is 5.50. The molecular formula is C12H13Cl2NO2. The van der Waals surface area contributed by atoms with Gasteiger partial charge in [-0.2, -0.15) is 0 Å². The molecule has 0 saturated carbocycles. The van der Waals surface area contributed by atoms with Gasteiger partial charge in [0.25, 0.3) is 5.91 Å². The molecular weight excluding hydrogens is 261 g/mol. The molecule has 1 aromatic carbocycles. The Kier molecular flexibility index (Phi) is 3.92. The number of nitrogens with zero attached hydrogens (tertiary/aromatic N) is 1. The first-order chi connectivity index (χ1) is 8.08. The number of carbonyl (C=O) groups excluding carboxylic acids is 1. The van der Waals surface area contributed by atoms with Gasteiger partial charge in [0.2, 0.25) is 0 Å². The summed E-state index contributed by atoms with van der Waals surface area (Å²) in [6.45, 7) is 1.03. The summed E-state index contributed by atoms with van der Waals surface area (Å²) < 4.78 is 0. The molecule has 1 N–H and O–H groups in total. The fourth-order valence-electron chi connectivity index (χ4n) is 1.97. The molecule has 0 radical (unpaired) electrons. The van der Waals surface area contributed by atoms with Crippen LogP contribution in [0.2, 0.25) is 10.0 Å². The average Bonchev–Trinajstić information content (AvgIpc) is 2.28. The van der Waals surface area contributed by atoms with E-state index in [0.29, 0.717) is 28.7 Å². The van der Waals surface area contributed by atoms with Crippen molar-refractivity contribution in [3.63, 3.8) is 0 Å². The van der Waals surface area contributed by atoms with Gasteiger partial charge in [0.15, 0.2) is 0 Å². The Morgan fingerprint density at radius 2 is 2.18 bits per heavy atom. The van der Waals surface area contributed by atoms with Crippen molar-refractivity contribution in [1.29, 1.82) is 0 Å². The molecule has 1 aliphatic rings. The smallest absolute Gasteiger partial charge is 0.255 e. The van der Waals surface area contributed by atoms with Crippen molar-refractivity contribution in [2.75, 3.05) is 13.1 Å². The SMILES string of the molecule is O=C(c1ccc(Cl)cc1Cl)N1CCCC(O)C1. The van der Waals surface area contributed by atoms with Gasteiger partial charge in [-0.05, 0) is 31.0 Å². The number of hydrogen-bond donors (Lipinski definition) is 1. The quantitative estimate of drug-likeness (QED) is 0.855. The van der Waals surface area contributed by atoms with Gasteiger partial charge in [0.05, 0.1) is 16.7 Å². The Balaban J connectivity index is 2.18. The summed E-state index contributed by atoms with van der Waals surface area (Å²) in [6.07, 6.45) is 1.13. The number of aliphatic hydroxyl groups excluding tert-OH is 1. The summed E-state index contributed by atoms with van der Waals surface area (Å²) in [5, 5.41) is 10.4. The first kappa shape index (κ1) is 12.7. The van der Waals surface area contributed by atoms with Crippen LogP contribution in [0.25, 0.3) is 0 Å². The molecule has 1 fully saturated rings. The second kappa shape index (κ2) is 5.25. The van der Waals surface area contributed by atoms with Crippen molar-refractivity contribution in [2.45, 2.75) is 18.9 Å². The van der Waals surface area contributed by atoms with Crippen LogP contribution in [-0.2, 0) is 0 Å². The normalized spacial score (nSPS) is 20.4. The number of benzene rings is 1. The lowest BCUT2D eigenvalue weighted by Crippen LogP contribution is -2.42. The predicted molar refractivity (Wildman–Crippen MR) is 67.6 cm³/mol. The minimum atomic E-state index is -0.432. The van der Waals surface area contributed by atoms with Crippen molar-refractivity contribution < 1.29 is 9.90 Å². The Bertz CT molecular complexity index is 437. The summed E-state index contributed by atoms with van der Waals surface area (Å²) in [4.78, 5) is 13.8. The van der Waals surface area contributed by atoms with Crippen molar-refractivity contribution in [2.24, 2.45) is 0 Å². The Labute approximate surface area is 110 Å². The van der Waals surface area contributed by atoms with E-state index in [2.05, 4.69) is 0 Å². The fourth-order valence-corrected chi connectivity index (χ4v) is 2.46. The summed E-state index contributed by atoms with van der Waals surface area (Å²) in [5.41, 5.74) is 0.435. The highest BCUT2D eigenvalue weighted by Crippen LogP contribution is 2.23. The minimum absolute atomic E-state index is 0.148. The van der Waals surface area contributed by atoms with E-state index < -0.39 is 6.10 Å². The molecule has 1 amide bonds. The highest BCUT2D eigenvalue weighted by atomic mass is 35.5. The van der Waals surface area contributed by atoms with E-state index in [1.807, 2.05) is 0 Å². The van der Waals surface area contributed by atoms with Gasteiger partial charge < -0.3 is 10.0 Å². The number of rotatable bonds is 1. The van der Waals surface area contributed by atoms with Crippen molar-refractivity contribution in [3.05, 3.63) is 33.8 Å². The highest BCUT2D eigenvalue weighted by Gasteiger charge is 2.24. The van der Waals surface area contributed by atoms with Crippen LogP contribution < -0.4 is 0 Å². The number of piperidine rings is 1. The van der Waals surface area contributed by atoms with E-state index in [9.17, 15) is 9.90 Å². The number of amides is 1. The second-order valence-corrected chi connectivity index (χ2v) is 5.02. The van der Waals surface area contributed by atoms with Crippen LogP contribution in [-0.4, -0.2) is 35.1 Å². The number of halogens is 2. The molecule has 0 aliphatic carbocycles. The molecule has 3 nitrogen and oxygen atoms in total. The van der Waals surface area contributed by atoms with Crippen molar-refractivity contribution in [1.82, 2.24) is 4.90 Å². The topological polar surface area (TPSA) is 40.5 Å². The zero-order valence-electron chi connectivity index (χ0n) is 9.20. The number of β-amino-alcohol motifs (C(OH)–C–C–N with tert-alkyl or cyclic N) is 1. The van der Waals surface area contributed by atoms with Gasteiger partial charge in [-0.1, -0.05) is 23.2 Å². The first-order valence-corrected chi connectivity index (χ1v) is 6.26. The molecule has 0 spiro atoms. The van der Waals surface area contributed by atoms with E-state index in [0.717, 1.165) is 12.8 Å². The van der Waals surface area contributed by atoms with Crippen LogP contribution >= 0.6 is 23.2 Å². The molecule has 1 atom stereocenters. The lowest BCUT2D eigenvalue weighted by molar-refractivity contribution is 0.0474. The lowest BCUT2D eigenvalue weighted by atomic mass is 10.1. The number of likely N-dealkylation sites (tertiary alicyclic amines) is 1. The lowest BCUT2D eigenvalue weighted by Gasteiger charge is -2.30. The van der Waals surface area contributed by atoms with Crippen molar-refractivity contribution in [3.8, 4) is 0 Å². The number of aliphatic hydroxyl groups is 1. The maximum Gasteiger partial charge on any atom is 0.255 e. The third-order valence-corrected chi connectivity index (χ3v) is 3.39. The Hall–Kier alpha value is -0.770. The van der Waals surface area contributed by atoms with E-state index in [1.165, 1.54) is 0 Å². The predicted octanol–water partition coefficient (Wildman–Crippen LogP) is 2.59. The Morgan fingerprint density at radius 3 is 2.82 bits per heavy atom. The average molecular weight is 274 g/mol. The maximum atomic E-state index is 12.2. The molecule has 0 bridgehead atoms. The van der Waals surface area contributed by atoms with Gasteiger partial charge in [-0.15, -0.1) is 0 Å². The zero-order valence-corrected chi connectivity index (χ0v) is 10.7. The number of hydrogen-bond acceptors (Lipinski definition) is 2. The van der Waals surface area contributed by atoms with Crippen LogP contribution in [0, 0.1) is 0 Å². The van der Waals surface area contributed by atoms with Crippen LogP contribution in [0.4, 0.5) is 0 Å². The van der Waals surface area contributed by atoms with Gasteiger partial charge in [0.1, 0.15) is 0 Å². The highest BCUT2D eigenvalue weighted by molar-refractivity contribution is 6.36. The molecule has 17 heavy (non-hydrogen) atoms. The van der Waals surface area contributed by atoms with E-state index >= 15 is 0 Å². The summed E-state index contributed by atoms with van der Waals surface area (Å²) in [6, 6.07) is 4.81. The summed E-state index contributed by atoms with van der Waals surface area (Å²) in [7, 11) is 0. The van der Waals surface area contributed by atoms with Crippen molar-refractivity contribution >= 4 is 29.1 Å². The minimum Gasteiger partial charge on any atom is -0.391 e. The monoisotopic (exact) mass is 273 g/mol. The molecule has 1 aliphatic heterocycles. The molecule has 1 saturated heterocycles. The number of carbonyl (C=O) groups is 1. The molecule has 2 rings (SSSR count). The van der Waals surface area contributed by atoms with Crippen LogP contribution in [0.5, 0.6) is 0 Å². The Morgan fingerprint density at radius 1 is 1.41 bits per heavy atom. The zero-order chi connectivity index (χ0) is 12.4. The largest absolute Gasteiger partial charge is 0.391 e. The van der Waals surface area contributed by atoms with E-state index in [4.69, 9.17) is 23.2 Å². The second-order valence-electron chi connectivity index (χ2n) is 4.17. The molecule has 1 unspecified atom stereocenters. The van der Waals surface area contributed by atoms with E-state index in [1.54, 1.807) is 23.1 Å². The van der Waals surface area contributed by atoms with E-state index in [-0.39, 0.29) is 5.91 Å². The maximum absolute atomic E-state index is 12.2. The van der Waals surface area contributed by atoms with Crippen LogP contribution in [0.3, 0.4) is 0 Å². The van der Waals surface area contributed by atoms with Gasteiger partial charge in [-0.3, -0.25) is 4.79 Å². The standard InChI is InChI=1S/C12H13Cl2NO2/c13-8-3-4-10(11(14)6-8)12(17)15-5-1-2-9(16)7-15/h3-4,6,9,16H,1-2,5,7H2. The van der Waals surface area contributed by atoms with Crippen LogP contribution in [0.1, 0.15) is 23.2 Å². The third kappa shape index (κ3) is 2.92. The van der Waals surface area contributed by atoms with Gasteiger partial charge in [-0.25, -0.2) is 0 Å². The fraction of sp³-hybridized carbons (Fsp3) is 0.417. The summed E-state index contributed by atoms with van der Waals surface area (Å²) >= 11 is 11.8. The molecule has 1 heterocycles. The molecule has 0 aromatic heterocycles. The van der Waals surface area contributed by atoms with Crippen LogP contribution in [0.15, 0.2) is 18.2 Å². The van der Waals surface area contributed by atoms with Gasteiger partial charge >= 0.3 is 0 Å². The third-order valence-electron chi connectivity index (χ3n) is 2.85. The summed E-state index contributed by atoms with van der Waals surface area (Å²) in [5.74, 6) is -0.148. The van der Waals surface area contributed by atoms with Gasteiger partial charge in [0, 0.05) is 18.1 Å². The molecule has 92 valence electrons. The molecule has 5 heteroatoms. The molecule has 1 aromatic rings.